The summed E-state index contributed by atoms with van der Waals surface area (Å²) >= 11 is 11.6. The highest BCUT2D eigenvalue weighted by molar-refractivity contribution is 6.31. The first-order chi connectivity index (χ1) is 13.9. The first-order valence-electron chi connectivity index (χ1n) is 8.45. The van der Waals surface area contributed by atoms with Crippen molar-refractivity contribution in [2.45, 2.75) is 0 Å². The molecule has 0 atom stereocenters. The van der Waals surface area contributed by atoms with E-state index in [1.165, 1.54) is 18.2 Å². The fourth-order valence-corrected chi connectivity index (χ4v) is 2.65. The van der Waals surface area contributed by atoms with Gasteiger partial charge in [-0.25, -0.2) is 0 Å². The van der Waals surface area contributed by atoms with Crippen molar-refractivity contribution in [2.75, 3.05) is 5.32 Å². The number of rotatable bonds is 4. The molecule has 3 amide bonds. The number of halogens is 2. The molecule has 0 spiro atoms. The second kappa shape index (κ2) is 9.23. The number of hydrogen-bond donors (Lipinski definition) is 3. The van der Waals surface area contributed by atoms with E-state index in [0.29, 0.717) is 26.9 Å². The molecule has 0 fully saturated rings. The van der Waals surface area contributed by atoms with E-state index in [0.717, 1.165) is 0 Å². The smallest absolute Gasteiger partial charge is 0.269 e. The van der Waals surface area contributed by atoms with Crippen LogP contribution in [0.25, 0.3) is 0 Å². The molecule has 3 N–H and O–H groups in total. The van der Waals surface area contributed by atoms with E-state index in [-0.39, 0.29) is 11.5 Å². The molecule has 0 aliphatic rings. The summed E-state index contributed by atoms with van der Waals surface area (Å²) in [5, 5.41) is 3.74. The van der Waals surface area contributed by atoms with Gasteiger partial charge < -0.3 is 5.32 Å². The zero-order valence-electron chi connectivity index (χ0n) is 14.9. The Morgan fingerprint density at radius 1 is 0.586 bits per heavy atom. The van der Waals surface area contributed by atoms with Crippen LogP contribution in [0.15, 0.2) is 72.8 Å². The second-order valence-electron chi connectivity index (χ2n) is 5.96. The lowest BCUT2D eigenvalue weighted by Gasteiger charge is -2.10. The molecule has 8 heteroatoms. The summed E-state index contributed by atoms with van der Waals surface area (Å²) in [7, 11) is 0. The Labute approximate surface area is 176 Å². The standard InChI is InChI=1S/C21H15Cl2N3O3/c22-16-8-4-13(5-9-16)19(27)24-18-3-1-2-15(12-18)21(29)26-25-20(28)14-6-10-17(23)11-7-14/h1-12H,(H,24,27)(H,25,28)(H,26,29). The average Bonchev–Trinajstić information content (AvgIpc) is 2.73. The molecule has 0 saturated carbocycles. The van der Waals surface area contributed by atoms with Crippen molar-refractivity contribution in [3.63, 3.8) is 0 Å². The molecule has 0 bridgehead atoms. The topological polar surface area (TPSA) is 87.3 Å². The highest BCUT2D eigenvalue weighted by Gasteiger charge is 2.11. The molecule has 0 aliphatic heterocycles. The van der Waals surface area contributed by atoms with E-state index in [2.05, 4.69) is 16.2 Å². The van der Waals surface area contributed by atoms with Gasteiger partial charge in [-0.3, -0.25) is 25.2 Å². The van der Waals surface area contributed by atoms with Gasteiger partial charge in [0.05, 0.1) is 0 Å². The highest BCUT2D eigenvalue weighted by atomic mass is 35.5. The van der Waals surface area contributed by atoms with Crippen LogP contribution < -0.4 is 16.2 Å². The van der Waals surface area contributed by atoms with Gasteiger partial charge in [0, 0.05) is 32.4 Å². The average molecular weight is 428 g/mol. The van der Waals surface area contributed by atoms with E-state index in [4.69, 9.17) is 23.2 Å². The Morgan fingerprint density at radius 2 is 1.07 bits per heavy atom. The van der Waals surface area contributed by atoms with Gasteiger partial charge in [-0.15, -0.1) is 0 Å². The lowest BCUT2D eigenvalue weighted by Crippen LogP contribution is -2.41. The Morgan fingerprint density at radius 3 is 1.62 bits per heavy atom. The number of benzene rings is 3. The maximum absolute atomic E-state index is 12.3. The summed E-state index contributed by atoms with van der Waals surface area (Å²) in [6, 6.07) is 19.0. The molecule has 3 aromatic rings. The highest BCUT2D eigenvalue weighted by Crippen LogP contribution is 2.14. The molecular weight excluding hydrogens is 413 g/mol. The largest absolute Gasteiger partial charge is 0.322 e. The van der Waals surface area contributed by atoms with Gasteiger partial charge in [0.25, 0.3) is 17.7 Å². The van der Waals surface area contributed by atoms with Gasteiger partial charge in [-0.2, -0.15) is 0 Å². The van der Waals surface area contributed by atoms with Crippen molar-refractivity contribution >= 4 is 46.6 Å². The summed E-state index contributed by atoms with van der Waals surface area (Å²) in [6.07, 6.45) is 0. The SMILES string of the molecule is O=C(NNC(=O)c1cccc(NC(=O)c2ccc(Cl)cc2)c1)c1ccc(Cl)cc1. The maximum Gasteiger partial charge on any atom is 0.269 e. The Bertz CT molecular complexity index is 1050. The van der Waals surface area contributed by atoms with Crippen LogP contribution >= 0.6 is 23.2 Å². The van der Waals surface area contributed by atoms with Crippen molar-refractivity contribution in [3.05, 3.63) is 99.5 Å². The third kappa shape index (κ3) is 5.57. The summed E-state index contributed by atoms with van der Waals surface area (Å²) in [6.45, 7) is 0. The molecule has 0 aliphatic carbocycles. The van der Waals surface area contributed by atoms with Crippen LogP contribution in [-0.2, 0) is 0 Å². The van der Waals surface area contributed by atoms with Crippen LogP contribution in [-0.4, -0.2) is 17.7 Å². The predicted molar refractivity (Wildman–Crippen MR) is 112 cm³/mol. The molecule has 146 valence electrons. The lowest BCUT2D eigenvalue weighted by atomic mass is 10.1. The van der Waals surface area contributed by atoms with Crippen molar-refractivity contribution < 1.29 is 14.4 Å². The fourth-order valence-electron chi connectivity index (χ4n) is 2.40. The van der Waals surface area contributed by atoms with Gasteiger partial charge in [0.1, 0.15) is 0 Å². The summed E-state index contributed by atoms with van der Waals surface area (Å²) in [5.74, 6) is -1.35. The number of carbonyl (C=O) groups excluding carboxylic acids is 3. The number of hydrazine groups is 1. The van der Waals surface area contributed by atoms with E-state index in [1.54, 1.807) is 54.6 Å². The normalized spacial score (nSPS) is 10.1. The molecule has 0 aromatic heterocycles. The zero-order valence-corrected chi connectivity index (χ0v) is 16.4. The monoisotopic (exact) mass is 427 g/mol. The van der Waals surface area contributed by atoms with Crippen molar-refractivity contribution in [1.82, 2.24) is 10.9 Å². The second-order valence-corrected chi connectivity index (χ2v) is 6.83. The zero-order chi connectivity index (χ0) is 20.8. The molecule has 0 saturated heterocycles. The Hall–Kier alpha value is -3.35. The van der Waals surface area contributed by atoms with Crippen LogP contribution in [0.2, 0.25) is 10.0 Å². The number of amides is 3. The van der Waals surface area contributed by atoms with Crippen LogP contribution in [0.3, 0.4) is 0 Å². The molecule has 6 nitrogen and oxygen atoms in total. The van der Waals surface area contributed by atoms with Gasteiger partial charge >= 0.3 is 0 Å². The lowest BCUT2D eigenvalue weighted by molar-refractivity contribution is 0.0846. The van der Waals surface area contributed by atoms with Gasteiger partial charge in [0.15, 0.2) is 0 Å². The predicted octanol–water partition coefficient (Wildman–Crippen LogP) is 4.32. The van der Waals surface area contributed by atoms with Crippen molar-refractivity contribution in [2.24, 2.45) is 0 Å². The quantitative estimate of drug-likeness (QED) is 0.541. The molecular formula is C21H15Cl2N3O3. The molecule has 3 aromatic carbocycles. The van der Waals surface area contributed by atoms with Crippen molar-refractivity contribution in [3.8, 4) is 0 Å². The van der Waals surface area contributed by atoms with Crippen LogP contribution in [0.1, 0.15) is 31.1 Å². The van der Waals surface area contributed by atoms with Crippen molar-refractivity contribution in [1.29, 1.82) is 0 Å². The molecule has 0 radical (unpaired) electrons. The van der Waals surface area contributed by atoms with Crippen LogP contribution in [0.5, 0.6) is 0 Å². The molecule has 0 unspecified atom stereocenters. The summed E-state index contributed by atoms with van der Waals surface area (Å²) < 4.78 is 0. The van der Waals surface area contributed by atoms with Gasteiger partial charge in [-0.05, 0) is 66.7 Å². The summed E-state index contributed by atoms with van der Waals surface area (Å²) in [4.78, 5) is 36.6. The number of nitrogens with one attached hydrogen (secondary N) is 3. The third-order valence-corrected chi connectivity index (χ3v) is 4.39. The first-order valence-corrected chi connectivity index (χ1v) is 9.21. The van der Waals surface area contributed by atoms with Gasteiger partial charge in [0.2, 0.25) is 0 Å². The first kappa shape index (κ1) is 20.4. The number of hydrogen-bond acceptors (Lipinski definition) is 3. The Balaban J connectivity index is 1.61. The molecule has 3 rings (SSSR count). The molecule has 29 heavy (non-hydrogen) atoms. The number of anilines is 1. The maximum atomic E-state index is 12.3. The minimum absolute atomic E-state index is 0.260. The molecule has 0 heterocycles. The van der Waals surface area contributed by atoms with Crippen LogP contribution in [0.4, 0.5) is 5.69 Å². The fraction of sp³-hybridized carbons (Fsp3) is 0. The van der Waals surface area contributed by atoms with E-state index < -0.39 is 11.8 Å². The van der Waals surface area contributed by atoms with Gasteiger partial charge in [-0.1, -0.05) is 29.3 Å². The minimum Gasteiger partial charge on any atom is -0.322 e. The summed E-state index contributed by atoms with van der Waals surface area (Å²) in [5.41, 5.74) is 6.13. The van der Waals surface area contributed by atoms with E-state index in [9.17, 15) is 14.4 Å². The third-order valence-electron chi connectivity index (χ3n) is 3.89. The van der Waals surface area contributed by atoms with E-state index in [1.807, 2.05) is 0 Å². The Kier molecular flexibility index (Phi) is 6.49. The van der Waals surface area contributed by atoms with E-state index >= 15 is 0 Å². The minimum atomic E-state index is -0.532. The van der Waals surface area contributed by atoms with Crippen LogP contribution in [0, 0.1) is 0 Å². The number of carbonyl (C=O) groups is 3.